The van der Waals surface area contributed by atoms with Crippen LogP contribution in [0, 0.1) is 11.2 Å². The number of hydrogen-bond donors (Lipinski definition) is 5. The zero-order valence-corrected chi connectivity index (χ0v) is 20.8. The lowest BCUT2D eigenvalue weighted by Crippen LogP contribution is -2.42. The summed E-state index contributed by atoms with van der Waals surface area (Å²) in [7, 11) is 0. The summed E-state index contributed by atoms with van der Waals surface area (Å²) >= 11 is 0. The van der Waals surface area contributed by atoms with Gasteiger partial charge in [-0.1, -0.05) is 0 Å². The number of ether oxygens (including phenoxy) is 1. The Morgan fingerprint density at radius 1 is 1.32 bits per heavy atom. The minimum Gasteiger partial charge on any atom is -0.477 e. The highest BCUT2D eigenvalue weighted by Gasteiger charge is 2.31. The molecule has 2 aromatic rings. The molecule has 1 saturated heterocycles. The van der Waals surface area contributed by atoms with Crippen molar-refractivity contribution in [2.24, 2.45) is 11.5 Å². The maximum atomic E-state index is 15.5. The average molecular weight is 517 g/mol. The van der Waals surface area contributed by atoms with Crippen LogP contribution in [0.4, 0.5) is 10.1 Å². The molecule has 0 unspecified atom stereocenters. The summed E-state index contributed by atoms with van der Waals surface area (Å²) in [6, 6.07) is 0.354. The molecule has 0 amide bonds. The number of esters is 1. The van der Waals surface area contributed by atoms with Crippen LogP contribution in [-0.4, -0.2) is 59.4 Å². The van der Waals surface area contributed by atoms with E-state index in [0.717, 1.165) is 6.07 Å². The summed E-state index contributed by atoms with van der Waals surface area (Å²) in [6.07, 6.45) is 4.26. The summed E-state index contributed by atoms with van der Waals surface area (Å²) in [6.45, 7) is 3.31. The molecule has 0 aliphatic carbocycles. The third-order valence-corrected chi connectivity index (χ3v) is 7.21. The zero-order chi connectivity index (χ0) is 26.9. The fourth-order valence-electron chi connectivity index (χ4n) is 5.24. The Morgan fingerprint density at radius 2 is 2.03 bits per heavy atom. The number of aryl methyl sites for hydroxylation is 1. The van der Waals surface area contributed by atoms with Gasteiger partial charge in [0.15, 0.2) is 5.96 Å². The van der Waals surface area contributed by atoms with E-state index in [1.165, 1.54) is 6.20 Å². The molecule has 1 aromatic heterocycles. The van der Waals surface area contributed by atoms with Gasteiger partial charge < -0.3 is 36.1 Å². The number of nitrogens with one attached hydrogen (secondary N) is 2. The zero-order valence-electron chi connectivity index (χ0n) is 20.8. The highest BCUT2D eigenvalue weighted by atomic mass is 19.1. The van der Waals surface area contributed by atoms with Gasteiger partial charge in [-0.25, -0.2) is 9.18 Å². The van der Waals surface area contributed by atoms with Crippen LogP contribution in [0.3, 0.4) is 0 Å². The smallest absolute Gasteiger partial charge is 0.341 e. The van der Waals surface area contributed by atoms with Crippen molar-refractivity contribution >= 4 is 34.5 Å². The van der Waals surface area contributed by atoms with E-state index < -0.39 is 29.2 Å². The van der Waals surface area contributed by atoms with Crippen molar-refractivity contribution < 1.29 is 23.8 Å². The molecule has 1 aromatic carbocycles. The van der Waals surface area contributed by atoms with E-state index in [9.17, 15) is 19.5 Å². The van der Waals surface area contributed by atoms with Crippen LogP contribution in [0.25, 0.3) is 10.9 Å². The minimum atomic E-state index is -1.33. The first-order valence-corrected chi connectivity index (χ1v) is 12.5. The molecule has 7 N–H and O–H groups in total. The van der Waals surface area contributed by atoms with Crippen molar-refractivity contribution in [3.8, 4) is 0 Å². The standard InChI is InChI=1S/C25H33FN6O5/c1-13-4-5-15-20-16(22(33)17(23(34)35)12-32(13)20)11-18(26)21(15)31-9-6-14(7-10-31)37-24(36)19(27)3-2-8-30-25(28)29/h11-14,19H,2-10,27H2,1H3,(H,34,35)(H4,28,29,30)/t13-,19+/m0/s1. The number of carboxylic acids is 1. The molecule has 0 radical (unpaired) electrons. The number of aromatic nitrogens is 1. The third-order valence-electron chi connectivity index (χ3n) is 7.21. The molecule has 0 saturated carbocycles. The van der Waals surface area contributed by atoms with E-state index in [2.05, 4.69) is 5.32 Å². The Bertz CT molecular complexity index is 1290. The fraction of sp³-hybridized carbons (Fsp3) is 0.520. The largest absolute Gasteiger partial charge is 0.477 e. The number of benzene rings is 1. The van der Waals surface area contributed by atoms with E-state index in [1.54, 1.807) is 4.57 Å². The molecule has 11 nitrogen and oxygen atoms in total. The second-order valence-electron chi connectivity index (χ2n) is 9.77. The lowest BCUT2D eigenvalue weighted by molar-refractivity contribution is -0.151. The first-order valence-electron chi connectivity index (χ1n) is 12.5. The van der Waals surface area contributed by atoms with Crippen LogP contribution < -0.4 is 27.1 Å². The van der Waals surface area contributed by atoms with E-state index >= 15 is 4.39 Å². The number of hydrogen-bond acceptors (Lipinski definition) is 7. The van der Waals surface area contributed by atoms with Gasteiger partial charge in [-0.15, -0.1) is 0 Å². The van der Waals surface area contributed by atoms with Gasteiger partial charge in [-0.05, 0) is 38.7 Å². The van der Waals surface area contributed by atoms with E-state index in [1.807, 2.05) is 11.8 Å². The first kappa shape index (κ1) is 26.4. The number of carbonyl (C=O) groups excluding carboxylic acids is 1. The Hall–Kier alpha value is -3.67. The highest BCUT2D eigenvalue weighted by Crippen LogP contribution is 2.39. The normalized spacial score (nSPS) is 18.5. The van der Waals surface area contributed by atoms with Crippen molar-refractivity contribution in [3.63, 3.8) is 0 Å². The number of carboxylic acid groups (broad SMARTS) is 1. The van der Waals surface area contributed by atoms with Crippen molar-refractivity contribution in [2.75, 3.05) is 24.5 Å². The van der Waals surface area contributed by atoms with Gasteiger partial charge in [-0.2, -0.15) is 0 Å². The molecule has 0 bridgehead atoms. The van der Waals surface area contributed by atoms with Gasteiger partial charge in [0.1, 0.15) is 23.5 Å². The molecule has 2 atom stereocenters. The molecule has 3 heterocycles. The number of halogens is 1. The number of guanidine groups is 1. The van der Waals surface area contributed by atoms with Crippen molar-refractivity contribution in [3.05, 3.63) is 39.4 Å². The summed E-state index contributed by atoms with van der Waals surface area (Å²) < 4.78 is 22.8. The molecule has 0 spiro atoms. The van der Waals surface area contributed by atoms with Gasteiger partial charge in [-0.3, -0.25) is 15.0 Å². The Morgan fingerprint density at radius 3 is 2.68 bits per heavy atom. The van der Waals surface area contributed by atoms with E-state index in [4.69, 9.17) is 21.6 Å². The van der Waals surface area contributed by atoms with Crippen molar-refractivity contribution in [1.29, 1.82) is 5.41 Å². The topological polar surface area (TPSA) is 177 Å². The monoisotopic (exact) mass is 516 g/mol. The molecule has 2 aliphatic heterocycles. The Labute approximate surface area is 213 Å². The van der Waals surface area contributed by atoms with Crippen LogP contribution in [0.15, 0.2) is 17.1 Å². The first-order chi connectivity index (χ1) is 17.6. The lowest BCUT2D eigenvalue weighted by atomic mass is 9.93. The molecule has 200 valence electrons. The van der Waals surface area contributed by atoms with Crippen LogP contribution in [0.2, 0.25) is 0 Å². The minimum absolute atomic E-state index is 0.0281. The highest BCUT2D eigenvalue weighted by molar-refractivity contribution is 5.95. The average Bonchev–Trinajstić information content (AvgIpc) is 2.85. The number of nitrogens with two attached hydrogens (primary N) is 2. The van der Waals surface area contributed by atoms with E-state index in [0.29, 0.717) is 74.9 Å². The summed E-state index contributed by atoms with van der Waals surface area (Å²) in [4.78, 5) is 38.7. The number of anilines is 1. The molecule has 12 heteroatoms. The number of pyridine rings is 1. The number of rotatable bonds is 8. The van der Waals surface area contributed by atoms with E-state index in [-0.39, 0.29) is 29.1 Å². The number of carbonyl (C=O) groups is 2. The number of aromatic carboxylic acids is 1. The number of nitrogens with zero attached hydrogens (tertiary/aromatic N) is 2. The molecule has 37 heavy (non-hydrogen) atoms. The second-order valence-corrected chi connectivity index (χ2v) is 9.77. The third kappa shape index (κ3) is 5.38. The van der Waals surface area contributed by atoms with Gasteiger partial charge in [0.25, 0.3) is 0 Å². The predicted octanol–water partition coefficient (Wildman–Crippen LogP) is 1.45. The van der Waals surface area contributed by atoms with Gasteiger partial charge in [0, 0.05) is 55.7 Å². The van der Waals surface area contributed by atoms with Gasteiger partial charge in [0.05, 0.1) is 11.2 Å². The SMILES string of the molecule is C[C@H]1CCc2c(N3CCC(OC(=O)[C@H](N)CCCNC(=N)N)CC3)c(F)cc3c(=O)c(C(=O)O)cn1c23. The van der Waals surface area contributed by atoms with Crippen molar-refractivity contribution in [2.45, 2.75) is 63.6 Å². The summed E-state index contributed by atoms with van der Waals surface area (Å²) in [5.41, 5.74) is 11.8. The Kier molecular flexibility index (Phi) is 7.67. The van der Waals surface area contributed by atoms with Crippen LogP contribution in [-0.2, 0) is 16.0 Å². The predicted molar refractivity (Wildman–Crippen MR) is 137 cm³/mol. The number of piperidine rings is 1. The molecule has 4 rings (SSSR count). The quantitative estimate of drug-likeness (QED) is 0.150. The summed E-state index contributed by atoms with van der Waals surface area (Å²) in [5.74, 6) is -2.51. The molecular formula is C25H33FN6O5. The Balaban J connectivity index is 1.48. The van der Waals surface area contributed by atoms with Gasteiger partial charge >= 0.3 is 11.9 Å². The fourth-order valence-corrected chi connectivity index (χ4v) is 5.24. The molecular weight excluding hydrogens is 483 g/mol. The molecule has 1 fully saturated rings. The van der Waals surface area contributed by atoms with Gasteiger partial charge in [0.2, 0.25) is 5.43 Å². The van der Waals surface area contributed by atoms with Crippen LogP contribution in [0.1, 0.15) is 61.0 Å². The maximum Gasteiger partial charge on any atom is 0.341 e. The lowest BCUT2D eigenvalue weighted by Gasteiger charge is -2.37. The van der Waals surface area contributed by atoms with Crippen LogP contribution >= 0.6 is 0 Å². The maximum absolute atomic E-state index is 15.5. The second kappa shape index (κ2) is 10.8. The van der Waals surface area contributed by atoms with Crippen LogP contribution in [0.5, 0.6) is 0 Å². The molecule has 2 aliphatic rings. The van der Waals surface area contributed by atoms with Crippen molar-refractivity contribution in [1.82, 2.24) is 9.88 Å². The summed E-state index contributed by atoms with van der Waals surface area (Å²) in [5, 5.41) is 19.3.